The van der Waals surface area contributed by atoms with Crippen LogP contribution in [0.2, 0.25) is 0 Å². The number of rotatable bonds is 17. The number of esters is 1. The van der Waals surface area contributed by atoms with Crippen molar-refractivity contribution in [1.29, 1.82) is 0 Å². The predicted octanol–water partition coefficient (Wildman–Crippen LogP) is 5.52. The highest BCUT2D eigenvalue weighted by molar-refractivity contribution is 5.70. The van der Waals surface area contributed by atoms with E-state index in [1.54, 1.807) is 7.11 Å². The molecule has 0 N–H and O–H groups in total. The van der Waals surface area contributed by atoms with E-state index in [2.05, 4.69) is 26.8 Å². The molecule has 0 saturated carbocycles. The molecular weight excluding hydrogens is 460 g/mol. The van der Waals surface area contributed by atoms with Gasteiger partial charge in [-0.15, -0.1) is 0 Å². The summed E-state index contributed by atoms with van der Waals surface area (Å²) in [4.78, 5) is 12.5. The zero-order chi connectivity index (χ0) is 26.4. The van der Waals surface area contributed by atoms with E-state index in [4.69, 9.17) is 28.4 Å². The van der Waals surface area contributed by atoms with E-state index >= 15 is 0 Å². The van der Waals surface area contributed by atoms with Gasteiger partial charge in [-0.05, 0) is 37.2 Å². The Morgan fingerprint density at radius 2 is 1.72 bits per heavy atom. The first kappa shape index (κ1) is 30.5. The molecule has 2 rings (SSSR count). The molecule has 1 aliphatic rings. The summed E-state index contributed by atoms with van der Waals surface area (Å²) in [5.74, 6) is -0.336. The first-order valence-corrected chi connectivity index (χ1v) is 13.2. The summed E-state index contributed by atoms with van der Waals surface area (Å²) in [6, 6.07) is 10.0. The second-order valence-corrected chi connectivity index (χ2v) is 9.98. The lowest BCUT2D eigenvalue weighted by Crippen LogP contribution is -2.36. The monoisotopic (exact) mass is 506 g/mol. The zero-order valence-electron chi connectivity index (χ0n) is 22.9. The molecule has 0 unspecified atom stereocenters. The van der Waals surface area contributed by atoms with Crippen molar-refractivity contribution in [2.45, 2.75) is 78.5 Å². The van der Waals surface area contributed by atoms with Crippen LogP contribution >= 0.6 is 0 Å². The van der Waals surface area contributed by atoms with Gasteiger partial charge in [0, 0.05) is 20.0 Å². The van der Waals surface area contributed by atoms with Crippen molar-refractivity contribution in [1.82, 2.24) is 0 Å². The van der Waals surface area contributed by atoms with Crippen LogP contribution in [-0.2, 0) is 39.8 Å². The Morgan fingerprint density at radius 3 is 2.33 bits per heavy atom. The summed E-state index contributed by atoms with van der Waals surface area (Å²) in [7, 11) is 1.60. The second-order valence-electron chi connectivity index (χ2n) is 9.98. The summed E-state index contributed by atoms with van der Waals surface area (Å²) in [5, 5.41) is 0. The molecule has 7 heteroatoms. The first-order chi connectivity index (χ1) is 17.3. The fraction of sp³-hybridized carbons (Fsp3) is 0.690. The molecule has 0 radical (unpaired) electrons. The van der Waals surface area contributed by atoms with Crippen molar-refractivity contribution in [3.8, 4) is 0 Å². The molecule has 0 aromatic heterocycles. The van der Waals surface area contributed by atoms with Crippen LogP contribution in [0.4, 0.5) is 0 Å². The van der Waals surface area contributed by atoms with Crippen molar-refractivity contribution < 1.29 is 33.2 Å². The molecule has 36 heavy (non-hydrogen) atoms. The van der Waals surface area contributed by atoms with Gasteiger partial charge in [0.25, 0.3) is 0 Å². The smallest absolute Gasteiger partial charge is 0.306 e. The molecule has 0 bridgehead atoms. The highest BCUT2D eigenvalue weighted by Crippen LogP contribution is 2.37. The van der Waals surface area contributed by atoms with Crippen LogP contribution in [0.15, 0.2) is 42.5 Å². The van der Waals surface area contributed by atoms with Gasteiger partial charge in [-0.1, -0.05) is 63.3 Å². The van der Waals surface area contributed by atoms with E-state index in [0.717, 1.165) is 12.0 Å². The van der Waals surface area contributed by atoms with Gasteiger partial charge in [0.1, 0.15) is 12.9 Å². The predicted molar refractivity (Wildman–Crippen MR) is 139 cm³/mol. The number of methoxy groups -OCH3 is 1. The zero-order valence-corrected chi connectivity index (χ0v) is 22.9. The van der Waals surface area contributed by atoms with E-state index in [1.165, 1.54) is 0 Å². The maximum Gasteiger partial charge on any atom is 0.306 e. The molecule has 1 aromatic rings. The molecule has 1 aliphatic heterocycles. The molecule has 1 fully saturated rings. The fourth-order valence-electron chi connectivity index (χ4n) is 4.59. The number of allylic oxidation sites excluding steroid dienone is 1. The first-order valence-electron chi connectivity index (χ1n) is 13.2. The van der Waals surface area contributed by atoms with E-state index in [1.807, 2.05) is 50.3 Å². The summed E-state index contributed by atoms with van der Waals surface area (Å²) >= 11 is 0. The fourth-order valence-corrected chi connectivity index (χ4v) is 4.59. The van der Waals surface area contributed by atoms with E-state index in [0.29, 0.717) is 38.8 Å². The average Bonchev–Trinajstić information content (AvgIpc) is 3.29. The number of carbonyl (C=O) groups is 1. The maximum absolute atomic E-state index is 12.5. The number of benzene rings is 1. The Bertz CT molecular complexity index is 758. The average molecular weight is 507 g/mol. The SMILES string of the molecule is CCOC(=O)C[C@@H](/C=C/[C@H](OCc1ccccc1)[C@@H](C)OCOC)[C@H](C)CC1(CC(C)C)OCCO1. The minimum Gasteiger partial charge on any atom is -0.466 e. The van der Waals surface area contributed by atoms with Gasteiger partial charge in [0.2, 0.25) is 0 Å². The van der Waals surface area contributed by atoms with Gasteiger partial charge < -0.3 is 28.4 Å². The van der Waals surface area contributed by atoms with Crippen molar-refractivity contribution in [3.63, 3.8) is 0 Å². The molecule has 1 saturated heterocycles. The van der Waals surface area contributed by atoms with E-state index in [-0.39, 0.29) is 43.2 Å². The molecule has 0 spiro atoms. The van der Waals surface area contributed by atoms with Crippen molar-refractivity contribution in [3.05, 3.63) is 48.0 Å². The Kier molecular flexibility index (Phi) is 13.7. The third-order valence-corrected chi connectivity index (χ3v) is 6.35. The summed E-state index contributed by atoms with van der Waals surface area (Å²) in [6.07, 6.45) is 5.32. The Hall–Kier alpha value is -1.77. The van der Waals surface area contributed by atoms with Gasteiger partial charge in [0.05, 0.1) is 39.0 Å². The highest BCUT2D eigenvalue weighted by atomic mass is 16.7. The van der Waals surface area contributed by atoms with Gasteiger partial charge in [0.15, 0.2) is 5.79 Å². The third kappa shape index (κ3) is 10.7. The van der Waals surface area contributed by atoms with Crippen LogP contribution in [0.1, 0.15) is 59.4 Å². The van der Waals surface area contributed by atoms with Crippen LogP contribution in [0.25, 0.3) is 0 Å². The van der Waals surface area contributed by atoms with E-state index in [9.17, 15) is 4.79 Å². The molecular formula is C29H46O7. The van der Waals surface area contributed by atoms with Gasteiger partial charge in [-0.25, -0.2) is 0 Å². The quantitative estimate of drug-likeness (QED) is 0.156. The lowest BCUT2D eigenvalue weighted by atomic mass is 9.83. The van der Waals surface area contributed by atoms with Gasteiger partial charge in [-0.2, -0.15) is 0 Å². The van der Waals surface area contributed by atoms with Gasteiger partial charge in [-0.3, -0.25) is 4.79 Å². The van der Waals surface area contributed by atoms with Crippen LogP contribution in [-0.4, -0.2) is 57.7 Å². The number of hydrogen-bond donors (Lipinski definition) is 0. The van der Waals surface area contributed by atoms with Crippen LogP contribution in [0.5, 0.6) is 0 Å². The second kappa shape index (κ2) is 16.2. The minimum atomic E-state index is -0.605. The third-order valence-electron chi connectivity index (χ3n) is 6.35. The number of hydrogen-bond acceptors (Lipinski definition) is 7. The van der Waals surface area contributed by atoms with Crippen LogP contribution < -0.4 is 0 Å². The maximum atomic E-state index is 12.5. The Balaban J connectivity index is 2.19. The van der Waals surface area contributed by atoms with Crippen molar-refractivity contribution >= 4 is 5.97 Å². The molecule has 1 heterocycles. The van der Waals surface area contributed by atoms with Crippen molar-refractivity contribution in [2.75, 3.05) is 33.7 Å². The Labute approximate surface area is 217 Å². The van der Waals surface area contributed by atoms with E-state index < -0.39 is 5.79 Å². The molecule has 4 atom stereocenters. The number of carbonyl (C=O) groups excluding carboxylic acids is 1. The lowest BCUT2D eigenvalue weighted by molar-refractivity contribution is -0.182. The molecule has 7 nitrogen and oxygen atoms in total. The summed E-state index contributed by atoms with van der Waals surface area (Å²) in [5.41, 5.74) is 1.08. The van der Waals surface area contributed by atoms with Crippen LogP contribution in [0, 0.1) is 17.8 Å². The number of ether oxygens (including phenoxy) is 6. The van der Waals surface area contributed by atoms with Crippen molar-refractivity contribution in [2.24, 2.45) is 17.8 Å². The molecule has 0 amide bonds. The Morgan fingerprint density at radius 1 is 1.03 bits per heavy atom. The molecule has 0 aliphatic carbocycles. The lowest BCUT2D eigenvalue weighted by Gasteiger charge is -2.34. The van der Waals surface area contributed by atoms with Gasteiger partial charge >= 0.3 is 5.97 Å². The summed E-state index contributed by atoms with van der Waals surface area (Å²) in [6.45, 7) is 12.5. The highest BCUT2D eigenvalue weighted by Gasteiger charge is 2.40. The minimum absolute atomic E-state index is 0.0710. The topological polar surface area (TPSA) is 72.5 Å². The normalized spacial score (nSPS) is 18.9. The largest absolute Gasteiger partial charge is 0.466 e. The van der Waals surface area contributed by atoms with Crippen LogP contribution in [0.3, 0.4) is 0 Å². The summed E-state index contributed by atoms with van der Waals surface area (Å²) < 4.78 is 34.6. The molecule has 1 aromatic carbocycles. The molecule has 204 valence electrons. The standard InChI is InChI=1S/C29H46O7/c1-7-32-28(30)17-26(23(4)19-29(18-22(2)3)35-15-16-36-29)13-14-27(24(5)34-21-31-6)33-20-25-11-9-8-10-12-25/h8-14,22-24,26-27H,7,15-21H2,1-6H3/b14-13+/t23-,24-,26-,27+/m1/s1.